The van der Waals surface area contributed by atoms with Gasteiger partial charge in [0.2, 0.25) is 18.1 Å². The average Bonchev–Trinajstić information content (AvgIpc) is 3.02. The molecule has 3 heterocycles. The molecule has 23 heteroatoms. The summed E-state index contributed by atoms with van der Waals surface area (Å²) >= 11 is 3.42. The number of halogens is 9. The second-order valence-electron chi connectivity index (χ2n) is 10.4. The van der Waals surface area contributed by atoms with Crippen molar-refractivity contribution in [3.8, 4) is 18.6 Å². The van der Waals surface area contributed by atoms with Gasteiger partial charge in [-0.15, -0.1) is 29.8 Å². The molecule has 1 aromatic rings. The van der Waals surface area contributed by atoms with Crippen molar-refractivity contribution in [2.75, 3.05) is 39.3 Å². The smallest absolute Gasteiger partial charge is 0.385 e. The zero-order valence-corrected chi connectivity index (χ0v) is 32.9. The summed E-state index contributed by atoms with van der Waals surface area (Å²) in [6.07, 6.45) is 3.19. The monoisotopic (exact) mass is 843 g/mol. The molecule has 1 aromatic carbocycles. The third-order valence-corrected chi connectivity index (χ3v) is 7.61. The van der Waals surface area contributed by atoms with E-state index in [2.05, 4.69) is 41.5 Å². The van der Waals surface area contributed by atoms with E-state index in [-0.39, 0.29) is 137 Å². The quantitative estimate of drug-likeness (QED) is 0.112. The summed E-state index contributed by atoms with van der Waals surface area (Å²) in [4.78, 5) is 14.5. The van der Waals surface area contributed by atoms with E-state index in [0.717, 1.165) is 10.0 Å². The molecule has 0 aromatic heterocycles. The van der Waals surface area contributed by atoms with Crippen molar-refractivity contribution in [2.45, 2.75) is 62.8 Å². The Morgan fingerprint density at radius 3 is 1.59 bits per heavy atom. The molecule has 0 saturated carbocycles. The van der Waals surface area contributed by atoms with Crippen LogP contribution in [-0.4, -0.2) is 84.7 Å². The minimum Gasteiger partial charge on any atom is -0.385 e. The predicted molar refractivity (Wildman–Crippen MR) is 186 cm³/mol. The molecular weight excluding hydrogens is 806 g/mol. The third kappa shape index (κ3) is 23.3. The molecule has 0 aliphatic carbocycles. The van der Waals surface area contributed by atoms with Gasteiger partial charge in [0.25, 0.3) is 17.8 Å². The molecule has 280 valence electrons. The maximum absolute atomic E-state index is 13.1. The van der Waals surface area contributed by atoms with Crippen LogP contribution in [0, 0.1) is 34.4 Å². The van der Waals surface area contributed by atoms with Crippen LogP contribution in [0.1, 0.15) is 44.1 Å². The largest absolute Gasteiger partial charge is 1.00 e. The van der Waals surface area contributed by atoms with E-state index < -0.39 is 17.8 Å². The van der Waals surface area contributed by atoms with Crippen molar-refractivity contribution in [2.24, 2.45) is 32.2 Å². The van der Waals surface area contributed by atoms with E-state index in [1.807, 2.05) is 24.3 Å². The summed E-state index contributed by atoms with van der Waals surface area (Å²) < 4.78 is 76.7. The van der Waals surface area contributed by atoms with Crippen LogP contribution >= 0.6 is 40.7 Å². The first-order chi connectivity index (χ1) is 22.5. The van der Waals surface area contributed by atoms with E-state index in [9.17, 15) is 26.3 Å². The Balaban J connectivity index is -0.000000676. The van der Waals surface area contributed by atoms with Gasteiger partial charge in [-0.3, -0.25) is 5.32 Å². The Morgan fingerprint density at radius 2 is 1.22 bits per heavy atom. The van der Waals surface area contributed by atoms with Crippen LogP contribution < -0.4 is 52.1 Å². The molecule has 3 aliphatic rings. The van der Waals surface area contributed by atoms with Crippen LogP contribution in [0.5, 0.6) is 0 Å². The van der Waals surface area contributed by atoms with Gasteiger partial charge in [-0.25, -0.2) is 31.3 Å². The molecule has 7 N–H and O–H groups in total. The molecule has 0 spiro atoms. The van der Waals surface area contributed by atoms with E-state index in [4.69, 9.17) is 33.0 Å². The van der Waals surface area contributed by atoms with Crippen molar-refractivity contribution < 1.29 is 55.9 Å². The average molecular weight is 845 g/mol. The van der Waals surface area contributed by atoms with Crippen molar-refractivity contribution >= 4 is 58.6 Å². The van der Waals surface area contributed by atoms with Crippen LogP contribution in [-0.2, 0) is 6.54 Å². The number of hydrogen-bond acceptors (Lipinski definition) is 6. The number of benzene rings is 1. The summed E-state index contributed by atoms with van der Waals surface area (Å²) in [5.74, 6) is -7.41. The second kappa shape index (κ2) is 26.8. The summed E-state index contributed by atoms with van der Waals surface area (Å²) in [6.45, 7) is 1.94. The number of aliphatic imine (C=N–C) groups is 3. The van der Waals surface area contributed by atoms with Gasteiger partial charge < -0.3 is 42.8 Å². The Kier molecular flexibility index (Phi) is 27.6. The minimum absolute atomic E-state index is 0. The van der Waals surface area contributed by atoms with Gasteiger partial charge in [-0.1, -0.05) is 34.1 Å². The van der Waals surface area contributed by atoms with Gasteiger partial charge in [0.05, 0.1) is 6.54 Å². The molecule has 0 bridgehead atoms. The van der Waals surface area contributed by atoms with Crippen LogP contribution in [0.3, 0.4) is 0 Å². The van der Waals surface area contributed by atoms with Gasteiger partial charge in [-0.2, -0.15) is 10.3 Å². The van der Waals surface area contributed by atoms with E-state index >= 15 is 0 Å². The number of alkyl halides is 6. The molecule has 0 radical (unpaired) electrons. The maximum Gasteiger partial charge on any atom is 1.00 e. The molecule has 3 aliphatic heterocycles. The first-order valence-corrected chi connectivity index (χ1v) is 15.3. The maximum atomic E-state index is 13.1. The number of piperidine rings is 3. The zero-order valence-electron chi connectivity index (χ0n) is 27.7. The van der Waals surface area contributed by atoms with Crippen molar-refractivity contribution in [3.63, 3.8) is 0 Å². The number of likely N-dealkylation sites (tertiary alicyclic amines) is 2. The van der Waals surface area contributed by atoms with Crippen LogP contribution in [0.2, 0.25) is 0 Å². The van der Waals surface area contributed by atoms with Crippen molar-refractivity contribution in [3.05, 3.63) is 39.6 Å². The SMILES string of the molecule is Cl.Cl.FC1(F)CCNCC1.N#CN=C(N)N1CCC(F)(F)CC1.N#C[N-]C#N.NC(=NCc1ccccc1Br)N=C(N)N1CCC(F)(F)CC1.[Na+]. The molecule has 0 atom stereocenters. The Hall–Kier alpha value is -2.90. The topological polar surface area (TPSA) is 219 Å². The third-order valence-electron chi connectivity index (χ3n) is 6.84. The number of hydrogen-bond donors (Lipinski definition) is 4. The van der Waals surface area contributed by atoms with Gasteiger partial charge in [0, 0.05) is 94.7 Å². The fourth-order valence-corrected chi connectivity index (χ4v) is 4.49. The number of nitrogens with zero attached hydrogens (tertiary/aromatic N) is 9. The standard InChI is InChI=1S/C14H18BrF2N5.C7H10F2N4.C5H9F2N.C2N3.2ClH.Na/c15-11-4-2-1-3-10(11)9-20-12(18)21-13(19)22-7-5-14(16,17)6-8-22;8-7(9)1-3-13(4-2-7)6(11)12-5-10;6-5(7)1-3-8-4-2-5;3-1-5-2-4;;;/h1-4H,5-9H2,(H4,18,19,20,21);1-4H2,(H2,11,12);8H,1-4H2;;2*1H;/q;;;-1;;;+1. The molecule has 0 amide bonds. The molecular formula is C28H39BrCl2F6N13Na. The minimum atomic E-state index is -2.62. The van der Waals surface area contributed by atoms with Gasteiger partial charge in [0.15, 0.2) is 5.96 Å². The van der Waals surface area contributed by atoms with Crippen LogP contribution in [0.4, 0.5) is 26.3 Å². The predicted octanol–water partition coefficient (Wildman–Crippen LogP) is 2.00. The Labute approximate surface area is 336 Å². The van der Waals surface area contributed by atoms with Gasteiger partial charge in [-0.05, 0) is 11.6 Å². The molecule has 13 nitrogen and oxygen atoms in total. The van der Waals surface area contributed by atoms with Crippen molar-refractivity contribution in [1.29, 1.82) is 15.8 Å². The number of rotatable bonds is 2. The number of nitrogens with two attached hydrogens (primary N) is 3. The fraction of sp³-hybridized carbons (Fsp3) is 0.571. The van der Waals surface area contributed by atoms with E-state index in [0.29, 0.717) is 19.6 Å². The fourth-order valence-electron chi connectivity index (χ4n) is 4.08. The summed E-state index contributed by atoms with van der Waals surface area (Å²) in [6, 6.07) is 7.63. The number of nitrogens with one attached hydrogen (secondary N) is 1. The second-order valence-corrected chi connectivity index (χ2v) is 11.3. The normalized spacial score (nSPS) is 18.8. The van der Waals surface area contributed by atoms with E-state index in [1.54, 1.807) is 4.90 Å². The van der Waals surface area contributed by atoms with Crippen LogP contribution in [0.15, 0.2) is 43.7 Å². The van der Waals surface area contributed by atoms with E-state index in [1.165, 1.54) is 23.5 Å². The molecule has 3 saturated heterocycles. The molecule has 0 unspecified atom stereocenters. The van der Waals surface area contributed by atoms with Gasteiger partial charge in [0.1, 0.15) is 0 Å². The number of guanidine groups is 3. The van der Waals surface area contributed by atoms with Crippen molar-refractivity contribution in [1.82, 2.24) is 15.1 Å². The first kappa shape index (κ1) is 52.5. The van der Waals surface area contributed by atoms with Gasteiger partial charge >= 0.3 is 29.6 Å². The summed E-state index contributed by atoms with van der Waals surface area (Å²) in [5.41, 5.74) is 17.8. The molecule has 4 rings (SSSR count). The molecule has 3 fully saturated rings. The first-order valence-electron chi connectivity index (χ1n) is 14.5. The Bertz CT molecular complexity index is 1350. The number of nitriles is 3. The molecule has 51 heavy (non-hydrogen) atoms. The summed E-state index contributed by atoms with van der Waals surface area (Å²) in [7, 11) is 0. The van der Waals surface area contributed by atoms with Crippen LogP contribution in [0.25, 0.3) is 5.32 Å². The summed E-state index contributed by atoms with van der Waals surface area (Å²) in [5, 5.41) is 28.5. The Morgan fingerprint density at radius 1 is 0.784 bits per heavy atom. The zero-order chi connectivity index (χ0) is 36.2.